The first-order valence-electron chi connectivity index (χ1n) is 6.76. The van der Waals surface area contributed by atoms with E-state index in [1.54, 1.807) is 31.2 Å². The van der Waals surface area contributed by atoms with Crippen LogP contribution in [0.5, 0.6) is 0 Å². The molecule has 2 N–H and O–H groups in total. The number of hydrogen-bond acceptors (Lipinski definition) is 5. The Morgan fingerprint density at radius 1 is 1.24 bits per heavy atom. The lowest BCUT2D eigenvalue weighted by Crippen LogP contribution is -2.15. The van der Waals surface area contributed by atoms with Gasteiger partial charge in [0.05, 0.1) is 10.6 Å². The molecule has 0 unspecified atom stereocenters. The maximum atomic E-state index is 12.2. The van der Waals surface area contributed by atoms with Gasteiger partial charge in [0, 0.05) is 6.54 Å². The molecule has 0 aliphatic rings. The number of oxazole rings is 1. The average Bonchev–Trinajstić information content (AvgIpc) is 2.84. The Labute approximate surface area is 124 Å². The van der Waals surface area contributed by atoms with E-state index in [9.17, 15) is 8.42 Å². The lowest BCUT2D eigenvalue weighted by molar-refractivity contribution is 0.569. The Bertz CT molecular complexity index is 678. The van der Waals surface area contributed by atoms with Crippen molar-refractivity contribution in [3.8, 4) is 0 Å². The third kappa shape index (κ3) is 4.30. The SMILES string of the molecule is CCCNCc1ccc(S(=O)(=O)Nc2nc(C)co2)cc1. The normalized spacial score (nSPS) is 11.5. The van der Waals surface area contributed by atoms with Gasteiger partial charge in [0.1, 0.15) is 6.26 Å². The van der Waals surface area contributed by atoms with Crippen LogP contribution in [0.1, 0.15) is 24.6 Å². The highest BCUT2D eigenvalue weighted by molar-refractivity contribution is 7.92. The van der Waals surface area contributed by atoms with Crippen LogP contribution in [0.2, 0.25) is 0 Å². The van der Waals surface area contributed by atoms with E-state index in [1.165, 1.54) is 6.26 Å². The molecule has 0 bridgehead atoms. The van der Waals surface area contributed by atoms with Crippen molar-refractivity contribution >= 4 is 16.0 Å². The predicted octanol–water partition coefficient (Wildman–Crippen LogP) is 2.28. The summed E-state index contributed by atoms with van der Waals surface area (Å²) in [6.45, 7) is 5.48. The zero-order chi connectivity index (χ0) is 15.3. The van der Waals surface area contributed by atoms with E-state index in [1.807, 2.05) is 0 Å². The number of sulfonamides is 1. The maximum Gasteiger partial charge on any atom is 0.309 e. The molecule has 21 heavy (non-hydrogen) atoms. The number of nitrogens with one attached hydrogen (secondary N) is 2. The predicted molar refractivity (Wildman–Crippen MR) is 80.5 cm³/mol. The smallest absolute Gasteiger partial charge is 0.309 e. The highest BCUT2D eigenvalue weighted by Crippen LogP contribution is 2.16. The molecule has 0 saturated carbocycles. The first-order chi connectivity index (χ1) is 10.0. The average molecular weight is 309 g/mol. The molecule has 1 aromatic carbocycles. The Morgan fingerprint density at radius 3 is 2.52 bits per heavy atom. The van der Waals surface area contributed by atoms with Crippen molar-refractivity contribution in [2.45, 2.75) is 31.7 Å². The molecule has 0 fully saturated rings. The van der Waals surface area contributed by atoms with E-state index < -0.39 is 10.0 Å². The summed E-state index contributed by atoms with van der Waals surface area (Å²) in [6.07, 6.45) is 2.45. The molecule has 0 amide bonds. The molecular formula is C14H19N3O3S. The molecule has 0 saturated heterocycles. The first-order valence-corrected chi connectivity index (χ1v) is 8.24. The Kier molecular flexibility index (Phi) is 4.98. The number of aromatic nitrogens is 1. The van der Waals surface area contributed by atoms with Gasteiger partial charge in [0.25, 0.3) is 10.0 Å². The van der Waals surface area contributed by atoms with Crippen LogP contribution < -0.4 is 10.0 Å². The van der Waals surface area contributed by atoms with Gasteiger partial charge in [-0.3, -0.25) is 0 Å². The highest BCUT2D eigenvalue weighted by Gasteiger charge is 2.16. The monoisotopic (exact) mass is 309 g/mol. The van der Waals surface area contributed by atoms with E-state index in [0.717, 1.165) is 25.1 Å². The Hall–Kier alpha value is -1.86. The second-order valence-corrected chi connectivity index (χ2v) is 6.40. The van der Waals surface area contributed by atoms with Gasteiger partial charge in [-0.25, -0.2) is 13.1 Å². The molecule has 2 aromatic rings. The number of anilines is 1. The standard InChI is InChI=1S/C14H19N3O3S/c1-3-8-15-9-12-4-6-13(7-5-12)21(18,19)17-14-16-11(2)10-20-14/h4-7,10,15H,3,8-9H2,1-2H3,(H,16,17). The summed E-state index contributed by atoms with van der Waals surface area (Å²) in [4.78, 5) is 4.10. The highest BCUT2D eigenvalue weighted by atomic mass is 32.2. The minimum atomic E-state index is -3.67. The summed E-state index contributed by atoms with van der Waals surface area (Å²) >= 11 is 0. The van der Waals surface area contributed by atoms with E-state index in [-0.39, 0.29) is 10.9 Å². The lowest BCUT2D eigenvalue weighted by Gasteiger charge is -2.06. The molecule has 0 radical (unpaired) electrons. The van der Waals surface area contributed by atoms with Crippen molar-refractivity contribution in [2.75, 3.05) is 11.3 Å². The van der Waals surface area contributed by atoms with Crippen LogP contribution >= 0.6 is 0 Å². The van der Waals surface area contributed by atoms with Gasteiger partial charge < -0.3 is 9.73 Å². The van der Waals surface area contributed by atoms with Crippen LogP contribution in [0.3, 0.4) is 0 Å². The third-order valence-corrected chi connectivity index (χ3v) is 4.17. The second kappa shape index (κ2) is 6.73. The van der Waals surface area contributed by atoms with Gasteiger partial charge in [-0.15, -0.1) is 0 Å². The first kappa shape index (κ1) is 15.5. The molecule has 6 nitrogen and oxygen atoms in total. The summed E-state index contributed by atoms with van der Waals surface area (Å²) in [5, 5.41) is 3.26. The third-order valence-electron chi connectivity index (χ3n) is 2.83. The van der Waals surface area contributed by atoms with Crippen LogP contribution in [-0.4, -0.2) is 19.9 Å². The Morgan fingerprint density at radius 2 is 1.95 bits per heavy atom. The molecular weight excluding hydrogens is 290 g/mol. The van der Waals surface area contributed by atoms with E-state index in [2.05, 4.69) is 21.9 Å². The summed E-state index contributed by atoms with van der Waals surface area (Å²) in [6, 6.07) is 6.69. The molecule has 1 heterocycles. The second-order valence-electron chi connectivity index (χ2n) is 4.72. The largest absolute Gasteiger partial charge is 0.431 e. The van der Waals surface area contributed by atoms with Gasteiger partial charge in [-0.2, -0.15) is 4.98 Å². The molecule has 1 aromatic heterocycles. The minimum absolute atomic E-state index is 0.0267. The number of hydrogen-bond donors (Lipinski definition) is 2. The summed E-state index contributed by atoms with van der Waals surface area (Å²) in [5.41, 5.74) is 1.65. The zero-order valence-corrected chi connectivity index (χ0v) is 12.9. The zero-order valence-electron chi connectivity index (χ0n) is 12.1. The van der Waals surface area contributed by atoms with Gasteiger partial charge in [0.2, 0.25) is 0 Å². The summed E-state index contributed by atoms with van der Waals surface area (Å²) in [5.74, 6) is 0. The van der Waals surface area contributed by atoms with Crippen LogP contribution in [0.15, 0.2) is 39.8 Å². The minimum Gasteiger partial charge on any atom is -0.431 e. The molecule has 0 aliphatic carbocycles. The molecule has 2 rings (SSSR count). The number of rotatable bonds is 7. The molecule has 0 spiro atoms. The topological polar surface area (TPSA) is 84.2 Å². The van der Waals surface area contributed by atoms with E-state index >= 15 is 0 Å². The van der Waals surface area contributed by atoms with Crippen LogP contribution in [0.25, 0.3) is 0 Å². The molecule has 0 aliphatic heterocycles. The van der Waals surface area contributed by atoms with Gasteiger partial charge in [-0.05, 0) is 37.6 Å². The van der Waals surface area contributed by atoms with Crippen molar-refractivity contribution < 1.29 is 12.8 Å². The van der Waals surface area contributed by atoms with Crippen LogP contribution in [0.4, 0.5) is 6.01 Å². The molecule has 7 heteroatoms. The van der Waals surface area contributed by atoms with Gasteiger partial charge in [0.15, 0.2) is 0 Å². The fourth-order valence-corrected chi connectivity index (χ4v) is 2.71. The summed E-state index contributed by atoms with van der Waals surface area (Å²) in [7, 11) is -3.67. The van der Waals surface area contributed by atoms with E-state index in [4.69, 9.17) is 4.42 Å². The van der Waals surface area contributed by atoms with Crippen LogP contribution in [0, 0.1) is 6.92 Å². The Balaban J connectivity index is 2.06. The lowest BCUT2D eigenvalue weighted by atomic mass is 10.2. The van der Waals surface area contributed by atoms with Gasteiger partial charge >= 0.3 is 6.01 Å². The fraction of sp³-hybridized carbons (Fsp3) is 0.357. The summed E-state index contributed by atoms with van der Waals surface area (Å²) < 4.78 is 31.6. The number of aryl methyl sites for hydroxylation is 1. The molecule has 0 atom stereocenters. The van der Waals surface area contributed by atoms with Gasteiger partial charge in [-0.1, -0.05) is 19.1 Å². The molecule has 114 valence electrons. The maximum absolute atomic E-state index is 12.2. The van der Waals surface area contributed by atoms with Crippen molar-refractivity contribution in [1.29, 1.82) is 0 Å². The van der Waals surface area contributed by atoms with E-state index in [0.29, 0.717) is 5.69 Å². The van der Waals surface area contributed by atoms with Crippen molar-refractivity contribution in [2.24, 2.45) is 0 Å². The van der Waals surface area contributed by atoms with Crippen molar-refractivity contribution in [3.05, 3.63) is 41.8 Å². The number of nitrogens with zero attached hydrogens (tertiary/aromatic N) is 1. The van der Waals surface area contributed by atoms with Crippen molar-refractivity contribution in [3.63, 3.8) is 0 Å². The number of benzene rings is 1. The fourth-order valence-electron chi connectivity index (χ4n) is 1.77. The van der Waals surface area contributed by atoms with Crippen molar-refractivity contribution in [1.82, 2.24) is 10.3 Å². The quantitative estimate of drug-likeness (QED) is 0.767. The van der Waals surface area contributed by atoms with Crippen LogP contribution in [-0.2, 0) is 16.6 Å².